The molecule has 2 atom stereocenters. The third-order valence-electron chi connectivity index (χ3n) is 2.63. The van der Waals surface area contributed by atoms with Crippen molar-refractivity contribution in [2.45, 2.75) is 30.7 Å². The lowest BCUT2D eigenvalue weighted by molar-refractivity contribution is 0.519. The minimum absolute atomic E-state index is 0.00584. The van der Waals surface area contributed by atoms with Crippen LogP contribution < -0.4 is 0 Å². The number of rotatable bonds is 5. The summed E-state index contributed by atoms with van der Waals surface area (Å²) in [5, 5.41) is -0.605. The van der Waals surface area contributed by atoms with E-state index < -0.39 is 15.1 Å². The smallest absolute Gasteiger partial charge is 0.227 e. The van der Waals surface area contributed by atoms with E-state index in [0.29, 0.717) is 6.42 Å². The quantitative estimate of drug-likeness (QED) is 0.582. The average Bonchev–Trinajstić information content (AvgIpc) is 2.29. The van der Waals surface area contributed by atoms with Crippen molar-refractivity contribution in [2.24, 2.45) is 5.92 Å². The molecule has 1 aromatic rings. The van der Waals surface area contributed by atoms with Crippen molar-refractivity contribution in [1.29, 1.82) is 0 Å². The van der Waals surface area contributed by atoms with Gasteiger partial charge in [0.2, 0.25) is 15.0 Å². The molecule has 16 heavy (non-hydrogen) atoms. The second-order valence-corrected chi connectivity index (χ2v) is 5.98. The SMILES string of the molecule is C=CC[C@@H](C)[C@H](C)S(=O)(=O)c1ncccn1. The molecule has 0 aromatic carbocycles. The number of aromatic nitrogens is 2. The van der Waals surface area contributed by atoms with Gasteiger partial charge >= 0.3 is 0 Å². The van der Waals surface area contributed by atoms with E-state index in [4.69, 9.17) is 0 Å². The Morgan fingerprint density at radius 3 is 2.44 bits per heavy atom. The fraction of sp³-hybridized carbons (Fsp3) is 0.455. The van der Waals surface area contributed by atoms with Gasteiger partial charge in [0.05, 0.1) is 5.25 Å². The van der Waals surface area contributed by atoms with Gasteiger partial charge < -0.3 is 0 Å². The molecule has 0 aliphatic rings. The molecule has 0 unspecified atom stereocenters. The molecule has 0 N–H and O–H groups in total. The molecule has 0 radical (unpaired) electrons. The van der Waals surface area contributed by atoms with Crippen LogP contribution in [0.3, 0.4) is 0 Å². The summed E-state index contributed by atoms with van der Waals surface area (Å²) in [6.07, 6.45) is 5.26. The van der Waals surface area contributed by atoms with Crippen LogP contribution in [-0.4, -0.2) is 23.6 Å². The first-order valence-electron chi connectivity index (χ1n) is 5.12. The van der Waals surface area contributed by atoms with Crippen LogP contribution in [0.1, 0.15) is 20.3 Å². The van der Waals surface area contributed by atoms with Crippen molar-refractivity contribution in [3.05, 3.63) is 31.1 Å². The molecule has 5 heteroatoms. The Bertz CT molecular complexity index is 442. The highest BCUT2D eigenvalue weighted by atomic mass is 32.2. The van der Waals surface area contributed by atoms with E-state index in [9.17, 15) is 8.42 Å². The van der Waals surface area contributed by atoms with Gasteiger partial charge in [0, 0.05) is 12.4 Å². The van der Waals surface area contributed by atoms with Crippen molar-refractivity contribution in [3.8, 4) is 0 Å². The van der Waals surface area contributed by atoms with Crippen LogP contribution in [0.2, 0.25) is 0 Å². The van der Waals surface area contributed by atoms with Crippen molar-refractivity contribution < 1.29 is 8.42 Å². The van der Waals surface area contributed by atoms with Crippen LogP contribution in [0.25, 0.3) is 0 Å². The minimum Gasteiger partial charge on any atom is -0.227 e. The molecule has 0 aliphatic heterocycles. The Hall–Kier alpha value is -1.23. The summed E-state index contributed by atoms with van der Waals surface area (Å²) < 4.78 is 24.2. The number of nitrogens with zero attached hydrogens (tertiary/aromatic N) is 2. The van der Waals surface area contributed by atoms with E-state index in [0.717, 1.165) is 0 Å². The highest BCUT2D eigenvalue weighted by Crippen LogP contribution is 2.20. The van der Waals surface area contributed by atoms with Crippen LogP contribution in [0.5, 0.6) is 0 Å². The number of hydrogen-bond acceptors (Lipinski definition) is 4. The maximum atomic E-state index is 12.1. The molecule has 0 spiro atoms. The molecule has 0 fully saturated rings. The van der Waals surface area contributed by atoms with Gasteiger partial charge in [0.1, 0.15) is 0 Å². The number of hydrogen-bond donors (Lipinski definition) is 0. The van der Waals surface area contributed by atoms with E-state index in [1.807, 2.05) is 6.92 Å². The molecule has 0 amide bonds. The molecule has 4 nitrogen and oxygen atoms in total. The normalized spacial score (nSPS) is 15.4. The Labute approximate surface area is 96.4 Å². The molecule has 0 saturated carbocycles. The van der Waals surface area contributed by atoms with Crippen molar-refractivity contribution in [3.63, 3.8) is 0 Å². The van der Waals surface area contributed by atoms with Crippen LogP contribution in [0.15, 0.2) is 36.3 Å². The zero-order chi connectivity index (χ0) is 12.2. The van der Waals surface area contributed by atoms with E-state index in [1.54, 1.807) is 19.1 Å². The Morgan fingerprint density at radius 2 is 1.94 bits per heavy atom. The number of sulfone groups is 1. The second-order valence-electron chi connectivity index (χ2n) is 3.78. The first-order chi connectivity index (χ1) is 7.50. The summed E-state index contributed by atoms with van der Waals surface area (Å²) in [7, 11) is -3.43. The molecular formula is C11H16N2O2S. The lowest BCUT2D eigenvalue weighted by Gasteiger charge is -2.17. The maximum Gasteiger partial charge on any atom is 0.247 e. The van der Waals surface area contributed by atoms with Crippen molar-refractivity contribution in [1.82, 2.24) is 9.97 Å². The lowest BCUT2D eigenvalue weighted by atomic mass is 10.1. The minimum atomic E-state index is -3.43. The molecule has 0 aliphatic carbocycles. The Balaban J connectivity index is 2.99. The first-order valence-corrected chi connectivity index (χ1v) is 6.66. The van der Waals surface area contributed by atoms with Gasteiger partial charge in [-0.25, -0.2) is 18.4 Å². The summed E-state index contributed by atoms with van der Waals surface area (Å²) in [4.78, 5) is 7.58. The van der Waals surface area contributed by atoms with E-state index in [1.165, 1.54) is 12.4 Å². The van der Waals surface area contributed by atoms with Gasteiger partial charge in [-0.2, -0.15) is 0 Å². The monoisotopic (exact) mass is 240 g/mol. The predicted octanol–water partition coefficient (Wildman–Crippen LogP) is 1.85. The van der Waals surface area contributed by atoms with Crippen LogP contribution in [0, 0.1) is 5.92 Å². The van der Waals surface area contributed by atoms with Gasteiger partial charge in [-0.3, -0.25) is 0 Å². The average molecular weight is 240 g/mol. The zero-order valence-corrected chi connectivity index (χ0v) is 10.3. The van der Waals surface area contributed by atoms with E-state index >= 15 is 0 Å². The zero-order valence-electron chi connectivity index (χ0n) is 9.50. The Kier molecular flexibility index (Phi) is 4.18. The fourth-order valence-corrected chi connectivity index (χ4v) is 2.83. The standard InChI is InChI=1S/C11H16N2O2S/c1-4-6-9(2)10(3)16(14,15)11-12-7-5-8-13-11/h4-5,7-10H,1,6H2,2-3H3/t9-,10+/m1/s1. The topological polar surface area (TPSA) is 59.9 Å². The molecule has 1 rings (SSSR count). The maximum absolute atomic E-state index is 12.1. The van der Waals surface area contributed by atoms with Crippen LogP contribution in [-0.2, 0) is 9.84 Å². The third-order valence-corrected chi connectivity index (χ3v) is 4.79. The predicted molar refractivity (Wildman–Crippen MR) is 62.7 cm³/mol. The van der Waals surface area contributed by atoms with Gasteiger partial charge in [0.25, 0.3) is 0 Å². The van der Waals surface area contributed by atoms with Gasteiger partial charge in [-0.05, 0) is 25.3 Å². The van der Waals surface area contributed by atoms with E-state index in [2.05, 4.69) is 16.5 Å². The lowest BCUT2D eigenvalue weighted by Crippen LogP contribution is -2.26. The molecule has 1 heterocycles. The highest BCUT2D eigenvalue weighted by molar-refractivity contribution is 7.91. The molecule has 88 valence electrons. The fourth-order valence-electron chi connectivity index (χ4n) is 1.36. The Morgan fingerprint density at radius 1 is 1.38 bits per heavy atom. The van der Waals surface area contributed by atoms with Crippen LogP contribution >= 0.6 is 0 Å². The van der Waals surface area contributed by atoms with Crippen molar-refractivity contribution >= 4 is 9.84 Å². The second kappa shape index (κ2) is 5.21. The first kappa shape index (κ1) is 12.8. The largest absolute Gasteiger partial charge is 0.247 e. The van der Waals surface area contributed by atoms with E-state index in [-0.39, 0.29) is 11.1 Å². The summed E-state index contributed by atoms with van der Waals surface area (Å²) in [6, 6.07) is 1.59. The number of allylic oxidation sites excluding steroid dienone is 1. The van der Waals surface area contributed by atoms with Gasteiger partial charge in [-0.1, -0.05) is 13.0 Å². The van der Waals surface area contributed by atoms with Crippen molar-refractivity contribution in [2.75, 3.05) is 0 Å². The summed E-state index contributed by atoms with van der Waals surface area (Å²) in [5.41, 5.74) is 0. The third kappa shape index (κ3) is 2.66. The molecule has 1 aromatic heterocycles. The summed E-state index contributed by atoms with van der Waals surface area (Å²) in [6.45, 7) is 7.17. The molecular weight excluding hydrogens is 224 g/mol. The van der Waals surface area contributed by atoms with Gasteiger partial charge in [-0.15, -0.1) is 6.58 Å². The molecule has 0 saturated heterocycles. The summed E-state index contributed by atoms with van der Waals surface area (Å²) >= 11 is 0. The molecule has 0 bridgehead atoms. The highest BCUT2D eigenvalue weighted by Gasteiger charge is 2.29. The summed E-state index contributed by atoms with van der Waals surface area (Å²) in [5.74, 6) is 0.00584. The van der Waals surface area contributed by atoms with Gasteiger partial charge in [0.15, 0.2) is 0 Å². The van der Waals surface area contributed by atoms with Crippen LogP contribution in [0.4, 0.5) is 0 Å².